The van der Waals surface area contributed by atoms with E-state index in [9.17, 15) is 0 Å². The highest BCUT2D eigenvalue weighted by molar-refractivity contribution is 5.30. The van der Waals surface area contributed by atoms with Crippen LogP contribution >= 0.6 is 0 Å². The first kappa shape index (κ1) is 10.3. The molecule has 1 nitrogen and oxygen atoms in total. The molecule has 86 valence electrons. The summed E-state index contributed by atoms with van der Waals surface area (Å²) in [6, 6.07) is 9.81. The van der Waals surface area contributed by atoms with E-state index in [0.29, 0.717) is 0 Å². The minimum absolute atomic E-state index is 0.819. The van der Waals surface area contributed by atoms with Crippen molar-refractivity contribution in [3.8, 4) is 0 Å². The third-order valence-electron chi connectivity index (χ3n) is 4.29. The van der Waals surface area contributed by atoms with Crippen molar-refractivity contribution in [2.45, 2.75) is 38.6 Å². The summed E-state index contributed by atoms with van der Waals surface area (Å²) >= 11 is 0. The van der Waals surface area contributed by atoms with Crippen LogP contribution in [0.1, 0.15) is 30.9 Å². The van der Waals surface area contributed by atoms with Gasteiger partial charge in [-0.1, -0.05) is 31.2 Å². The van der Waals surface area contributed by atoms with Gasteiger partial charge in [-0.25, -0.2) is 0 Å². The Bertz CT molecular complexity index is 371. The summed E-state index contributed by atoms with van der Waals surface area (Å²) in [7, 11) is 0. The predicted octanol–water partition coefficient (Wildman–Crippen LogP) is 2.89. The van der Waals surface area contributed by atoms with E-state index in [2.05, 4.69) is 36.1 Å². The van der Waals surface area contributed by atoms with E-state index < -0.39 is 0 Å². The monoisotopic (exact) mass is 215 g/mol. The summed E-state index contributed by atoms with van der Waals surface area (Å²) < 4.78 is 0. The number of hydrogen-bond donors (Lipinski definition) is 0. The average molecular weight is 215 g/mol. The van der Waals surface area contributed by atoms with Crippen LogP contribution in [0, 0.1) is 5.92 Å². The summed E-state index contributed by atoms with van der Waals surface area (Å²) in [6.45, 7) is 5.04. The van der Waals surface area contributed by atoms with Gasteiger partial charge in [0.05, 0.1) is 0 Å². The molecule has 0 N–H and O–H groups in total. The Kier molecular flexibility index (Phi) is 2.72. The van der Waals surface area contributed by atoms with E-state index in [1.807, 2.05) is 0 Å². The highest BCUT2D eigenvalue weighted by Gasteiger charge is 2.28. The van der Waals surface area contributed by atoms with Crippen molar-refractivity contribution < 1.29 is 0 Å². The van der Waals surface area contributed by atoms with Crippen LogP contribution in [0.15, 0.2) is 24.3 Å². The molecule has 1 saturated heterocycles. The first-order chi connectivity index (χ1) is 7.83. The predicted molar refractivity (Wildman–Crippen MR) is 67.6 cm³/mol. The summed E-state index contributed by atoms with van der Waals surface area (Å²) in [6.07, 6.45) is 5.33. The molecule has 0 bridgehead atoms. The van der Waals surface area contributed by atoms with Crippen LogP contribution in [0.25, 0.3) is 0 Å². The van der Waals surface area contributed by atoms with Gasteiger partial charge < -0.3 is 0 Å². The second-order valence-electron chi connectivity index (χ2n) is 5.55. The van der Waals surface area contributed by atoms with Crippen molar-refractivity contribution >= 4 is 0 Å². The molecule has 1 fully saturated rings. The Morgan fingerprint density at radius 3 is 2.69 bits per heavy atom. The van der Waals surface area contributed by atoms with E-state index in [1.165, 1.54) is 38.8 Å². The number of rotatable bonds is 1. The Balaban J connectivity index is 1.73. The molecule has 0 radical (unpaired) electrons. The fraction of sp³-hybridized carbons (Fsp3) is 0.600. The molecule has 2 unspecified atom stereocenters. The standard InChI is InChI=1S/C15H21N/c1-12-8-9-16(11-12)15-7-6-13-4-2-3-5-14(13)10-15/h2-5,12,15H,6-11H2,1H3. The lowest BCUT2D eigenvalue weighted by Crippen LogP contribution is -2.37. The summed E-state index contributed by atoms with van der Waals surface area (Å²) in [4.78, 5) is 2.72. The Hall–Kier alpha value is -0.820. The molecule has 2 aliphatic rings. The van der Waals surface area contributed by atoms with Gasteiger partial charge in [-0.15, -0.1) is 0 Å². The minimum atomic E-state index is 0.819. The topological polar surface area (TPSA) is 3.24 Å². The van der Waals surface area contributed by atoms with Crippen molar-refractivity contribution in [3.05, 3.63) is 35.4 Å². The Labute approximate surface area is 98.5 Å². The van der Waals surface area contributed by atoms with Crippen molar-refractivity contribution in [3.63, 3.8) is 0 Å². The Morgan fingerprint density at radius 2 is 1.94 bits per heavy atom. The van der Waals surface area contributed by atoms with Crippen molar-refractivity contribution in [2.24, 2.45) is 5.92 Å². The highest BCUT2D eigenvalue weighted by Crippen LogP contribution is 2.27. The van der Waals surface area contributed by atoms with Crippen LogP contribution in [0.5, 0.6) is 0 Å². The van der Waals surface area contributed by atoms with Crippen molar-refractivity contribution in [2.75, 3.05) is 13.1 Å². The lowest BCUT2D eigenvalue weighted by molar-refractivity contribution is 0.216. The third-order valence-corrected chi connectivity index (χ3v) is 4.29. The lowest BCUT2D eigenvalue weighted by atomic mass is 9.87. The van der Waals surface area contributed by atoms with Gasteiger partial charge >= 0.3 is 0 Å². The van der Waals surface area contributed by atoms with Crippen molar-refractivity contribution in [1.82, 2.24) is 4.90 Å². The van der Waals surface area contributed by atoms with Gasteiger partial charge in [-0.05, 0) is 49.3 Å². The van der Waals surface area contributed by atoms with Crippen LogP contribution in [-0.4, -0.2) is 24.0 Å². The maximum atomic E-state index is 2.72. The highest BCUT2D eigenvalue weighted by atomic mass is 15.2. The average Bonchev–Trinajstić information content (AvgIpc) is 2.75. The van der Waals surface area contributed by atoms with Crippen LogP contribution in [0.4, 0.5) is 0 Å². The molecular formula is C15H21N. The van der Waals surface area contributed by atoms with E-state index >= 15 is 0 Å². The van der Waals surface area contributed by atoms with Gasteiger partial charge in [0.25, 0.3) is 0 Å². The smallest absolute Gasteiger partial charge is 0.0139 e. The minimum Gasteiger partial charge on any atom is -0.300 e. The number of benzene rings is 1. The molecule has 3 rings (SSSR count). The number of aryl methyl sites for hydroxylation is 1. The molecule has 1 aromatic rings. The van der Waals surface area contributed by atoms with E-state index in [1.54, 1.807) is 11.1 Å². The molecule has 0 saturated carbocycles. The van der Waals surface area contributed by atoms with Gasteiger partial charge in [0.1, 0.15) is 0 Å². The zero-order chi connectivity index (χ0) is 11.0. The Morgan fingerprint density at radius 1 is 1.12 bits per heavy atom. The molecule has 1 heterocycles. The van der Waals surface area contributed by atoms with Crippen molar-refractivity contribution in [1.29, 1.82) is 0 Å². The molecule has 0 spiro atoms. The van der Waals surface area contributed by atoms with E-state index in [-0.39, 0.29) is 0 Å². The van der Waals surface area contributed by atoms with Gasteiger partial charge in [0.2, 0.25) is 0 Å². The first-order valence-corrected chi connectivity index (χ1v) is 6.64. The van der Waals surface area contributed by atoms with Gasteiger partial charge in [-0.2, -0.15) is 0 Å². The molecule has 0 aromatic heterocycles. The SMILES string of the molecule is CC1CCN(C2CCc3ccccc3C2)C1. The number of likely N-dealkylation sites (tertiary alicyclic amines) is 1. The molecule has 0 amide bonds. The summed E-state index contributed by atoms with van der Waals surface area (Å²) in [5.74, 6) is 0.914. The molecule has 1 heteroatoms. The van der Waals surface area contributed by atoms with Gasteiger partial charge in [0, 0.05) is 12.6 Å². The third kappa shape index (κ3) is 1.89. The molecule has 2 atom stereocenters. The fourth-order valence-corrected chi connectivity index (χ4v) is 3.29. The summed E-state index contributed by atoms with van der Waals surface area (Å²) in [5.41, 5.74) is 3.18. The molecule has 1 aliphatic carbocycles. The number of fused-ring (bicyclic) bond motifs is 1. The van der Waals surface area contributed by atoms with Gasteiger partial charge in [0.15, 0.2) is 0 Å². The van der Waals surface area contributed by atoms with Crippen LogP contribution < -0.4 is 0 Å². The van der Waals surface area contributed by atoms with Crippen LogP contribution in [-0.2, 0) is 12.8 Å². The maximum Gasteiger partial charge on any atom is 0.0139 e. The van der Waals surface area contributed by atoms with Gasteiger partial charge in [-0.3, -0.25) is 4.90 Å². The van der Waals surface area contributed by atoms with Crippen LogP contribution in [0.2, 0.25) is 0 Å². The second kappa shape index (κ2) is 4.21. The molecule has 16 heavy (non-hydrogen) atoms. The normalized spacial score (nSPS) is 30.3. The van der Waals surface area contributed by atoms with E-state index in [4.69, 9.17) is 0 Å². The largest absolute Gasteiger partial charge is 0.300 e. The quantitative estimate of drug-likeness (QED) is 0.696. The summed E-state index contributed by atoms with van der Waals surface area (Å²) in [5, 5.41) is 0. The fourth-order valence-electron chi connectivity index (χ4n) is 3.29. The molecule has 1 aliphatic heterocycles. The zero-order valence-corrected chi connectivity index (χ0v) is 10.2. The maximum absolute atomic E-state index is 2.72. The zero-order valence-electron chi connectivity index (χ0n) is 10.2. The number of hydrogen-bond acceptors (Lipinski definition) is 1. The molecule has 1 aromatic carbocycles. The number of nitrogens with zero attached hydrogens (tertiary/aromatic N) is 1. The lowest BCUT2D eigenvalue weighted by Gasteiger charge is -2.32. The molecular weight excluding hydrogens is 194 g/mol. The van der Waals surface area contributed by atoms with Crippen LogP contribution in [0.3, 0.4) is 0 Å². The first-order valence-electron chi connectivity index (χ1n) is 6.64. The second-order valence-corrected chi connectivity index (χ2v) is 5.55. The van der Waals surface area contributed by atoms with E-state index in [0.717, 1.165) is 12.0 Å².